The summed E-state index contributed by atoms with van der Waals surface area (Å²) in [5, 5.41) is 0.733. The molecule has 0 aliphatic heterocycles. The summed E-state index contributed by atoms with van der Waals surface area (Å²) in [5.74, 6) is 0. The highest BCUT2D eigenvalue weighted by Crippen LogP contribution is 2.27. The normalized spacial score (nSPS) is 11.0. The summed E-state index contributed by atoms with van der Waals surface area (Å²) in [6.07, 6.45) is 0.684. The molecule has 0 unspecified atom stereocenters. The van der Waals surface area contributed by atoms with Crippen molar-refractivity contribution in [3.8, 4) is 11.3 Å². The molecule has 122 valence electrons. The maximum Gasteiger partial charge on any atom is 0.0928 e. The van der Waals surface area contributed by atoms with Crippen molar-refractivity contribution in [2.24, 2.45) is 0 Å². The van der Waals surface area contributed by atoms with Crippen molar-refractivity contribution in [3.63, 3.8) is 0 Å². The zero-order valence-corrected chi connectivity index (χ0v) is 15.6. The molecular weight excluding hydrogens is 396 g/mol. The number of fused-ring (bicyclic) bond motifs is 1. The molecule has 0 saturated carbocycles. The summed E-state index contributed by atoms with van der Waals surface area (Å²) in [5.41, 5.74) is 5.83. The van der Waals surface area contributed by atoms with Crippen molar-refractivity contribution in [1.29, 1.82) is 0 Å². The van der Waals surface area contributed by atoms with E-state index in [9.17, 15) is 0 Å². The third kappa shape index (κ3) is 3.58. The minimum Gasteiger partial charge on any atom is -0.249 e. The summed E-state index contributed by atoms with van der Waals surface area (Å²) >= 11 is 9.63. The molecule has 1 heterocycles. The summed E-state index contributed by atoms with van der Waals surface area (Å²) in [7, 11) is 0. The van der Waals surface area contributed by atoms with Gasteiger partial charge < -0.3 is 0 Å². The van der Waals surface area contributed by atoms with Gasteiger partial charge in [-0.1, -0.05) is 63.9 Å². The second-order valence-corrected chi connectivity index (χ2v) is 7.17. The zero-order chi connectivity index (χ0) is 17.2. The number of para-hydroxylation sites is 2. The topological polar surface area (TPSA) is 25.8 Å². The summed E-state index contributed by atoms with van der Waals surface area (Å²) in [4.78, 5) is 9.76. The second-order valence-electron chi connectivity index (χ2n) is 5.82. The van der Waals surface area contributed by atoms with Crippen LogP contribution in [0.3, 0.4) is 0 Å². The Balaban J connectivity index is 1.87. The molecule has 0 N–H and O–H groups in total. The molecule has 0 amide bonds. The van der Waals surface area contributed by atoms with Gasteiger partial charge in [-0.05, 0) is 42.0 Å². The van der Waals surface area contributed by atoms with E-state index >= 15 is 0 Å². The van der Waals surface area contributed by atoms with E-state index < -0.39 is 0 Å². The van der Waals surface area contributed by atoms with Crippen LogP contribution in [0.5, 0.6) is 0 Å². The van der Waals surface area contributed by atoms with Crippen LogP contribution in [0.1, 0.15) is 11.3 Å². The Morgan fingerprint density at radius 3 is 2.24 bits per heavy atom. The second kappa shape index (κ2) is 6.95. The van der Waals surface area contributed by atoms with Crippen LogP contribution in [0, 0.1) is 0 Å². The molecule has 1 aromatic heterocycles. The summed E-state index contributed by atoms with van der Waals surface area (Å²) in [6, 6.07) is 24.0. The molecule has 4 aromatic rings. The zero-order valence-electron chi connectivity index (χ0n) is 13.3. The van der Waals surface area contributed by atoms with Gasteiger partial charge in [-0.25, -0.2) is 9.97 Å². The standard InChI is InChI=1S/C21H14BrClN2/c22-16-10-8-15(9-11-16)21-20(13-14-4-3-5-17(23)12-14)24-18-6-1-2-7-19(18)25-21/h1-12H,13H2. The number of nitrogens with zero attached hydrogens (tertiary/aromatic N) is 2. The van der Waals surface area contributed by atoms with E-state index in [4.69, 9.17) is 21.6 Å². The average molecular weight is 410 g/mol. The highest BCUT2D eigenvalue weighted by atomic mass is 79.9. The Morgan fingerprint density at radius 1 is 0.800 bits per heavy atom. The highest BCUT2D eigenvalue weighted by molar-refractivity contribution is 9.10. The van der Waals surface area contributed by atoms with E-state index in [1.807, 2.05) is 54.6 Å². The number of aromatic nitrogens is 2. The van der Waals surface area contributed by atoms with Crippen LogP contribution < -0.4 is 0 Å². The van der Waals surface area contributed by atoms with Gasteiger partial charge in [-0.3, -0.25) is 0 Å². The molecule has 0 spiro atoms. The Kier molecular flexibility index (Phi) is 4.51. The summed E-state index contributed by atoms with van der Waals surface area (Å²) < 4.78 is 1.04. The van der Waals surface area contributed by atoms with Gasteiger partial charge in [0, 0.05) is 21.5 Å². The van der Waals surface area contributed by atoms with E-state index in [-0.39, 0.29) is 0 Å². The van der Waals surface area contributed by atoms with Crippen molar-refractivity contribution >= 4 is 38.6 Å². The number of benzene rings is 3. The van der Waals surface area contributed by atoms with E-state index in [2.05, 4.69) is 34.1 Å². The van der Waals surface area contributed by atoms with Gasteiger partial charge in [0.15, 0.2) is 0 Å². The third-order valence-corrected chi connectivity index (χ3v) is 4.78. The van der Waals surface area contributed by atoms with E-state index in [0.717, 1.165) is 43.0 Å². The van der Waals surface area contributed by atoms with Crippen LogP contribution in [0.25, 0.3) is 22.3 Å². The first-order valence-corrected chi connectivity index (χ1v) is 9.12. The lowest BCUT2D eigenvalue weighted by Crippen LogP contribution is -2.00. The quantitative estimate of drug-likeness (QED) is 0.396. The van der Waals surface area contributed by atoms with Gasteiger partial charge in [0.1, 0.15) is 0 Å². The Morgan fingerprint density at radius 2 is 1.52 bits per heavy atom. The molecule has 0 atom stereocenters. The molecule has 0 radical (unpaired) electrons. The predicted octanol–water partition coefficient (Wildman–Crippen LogP) is 6.30. The van der Waals surface area contributed by atoms with E-state index in [0.29, 0.717) is 6.42 Å². The first-order chi connectivity index (χ1) is 12.2. The molecule has 2 nitrogen and oxygen atoms in total. The monoisotopic (exact) mass is 408 g/mol. The van der Waals surface area contributed by atoms with Gasteiger partial charge in [0.05, 0.1) is 22.4 Å². The Bertz CT molecular complexity index is 1050. The largest absolute Gasteiger partial charge is 0.249 e. The molecule has 0 aliphatic rings. The molecule has 0 saturated heterocycles. The molecule has 0 bridgehead atoms. The molecule has 0 fully saturated rings. The number of hydrogen-bond donors (Lipinski definition) is 0. The fraction of sp³-hybridized carbons (Fsp3) is 0.0476. The lowest BCUT2D eigenvalue weighted by Gasteiger charge is -2.11. The maximum absolute atomic E-state index is 6.14. The summed E-state index contributed by atoms with van der Waals surface area (Å²) in [6.45, 7) is 0. The van der Waals surface area contributed by atoms with Gasteiger partial charge in [-0.15, -0.1) is 0 Å². The van der Waals surface area contributed by atoms with E-state index in [1.165, 1.54) is 0 Å². The van der Waals surface area contributed by atoms with Crippen LogP contribution in [0.4, 0.5) is 0 Å². The van der Waals surface area contributed by atoms with Crippen LogP contribution in [-0.4, -0.2) is 9.97 Å². The van der Waals surface area contributed by atoms with Gasteiger partial charge in [0.2, 0.25) is 0 Å². The molecule has 4 rings (SSSR count). The van der Waals surface area contributed by atoms with Crippen molar-refractivity contribution in [2.75, 3.05) is 0 Å². The number of hydrogen-bond acceptors (Lipinski definition) is 2. The fourth-order valence-electron chi connectivity index (χ4n) is 2.84. The maximum atomic E-state index is 6.14. The predicted molar refractivity (Wildman–Crippen MR) is 107 cm³/mol. The third-order valence-electron chi connectivity index (χ3n) is 4.02. The van der Waals surface area contributed by atoms with Crippen LogP contribution in [0.15, 0.2) is 77.3 Å². The molecule has 25 heavy (non-hydrogen) atoms. The van der Waals surface area contributed by atoms with Gasteiger partial charge in [-0.2, -0.15) is 0 Å². The average Bonchev–Trinajstić information content (AvgIpc) is 2.62. The minimum atomic E-state index is 0.684. The SMILES string of the molecule is Clc1cccc(Cc2nc3ccccc3nc2-c2ccc(Br)cc2)c1. The number of rotatable bonds is 3. The van der Waals surface area contributed by atoms with Crippen molar-refractivity contribution < 1.29 is 0 Å². The molecule has 3 aromatic carbocycles. The smallest absolute Gasteiger partial charge is 0.0928 e. The molecular formula is C21H14BrClN2. The Hall–Kier alpha value is -2.23. The van der Waals surface area contributed by atoms with Crippen LogP contribution in [-0.2, 0) is 6.42 Å². The Labute approximate surface area is 159 Å². The van der Waals surface area contributed by atoms with E-state index in [1.54, 1.807) is 0 Å². The van der Waals surface area contributed by atoms with Crippen LogP contribution >= 0.6 is 27.5 Å². The van der Waals surface area contributed by atoms with Crippen LogP contribution in [0.2, 0.25) is 5.02 Å². The van der Waals surface area contributed by atoms with Crippen molar-refractivity contribution in [3.05, 3.63) is 93.5 Å². The highest BCUT2D eigenvalue weighted by Gasteiger charge is 2.12. The van der Waals surface area contributed by atoms with Crippen molar-refractivity contribution in [2.45, 2.75) is 6.42 Å². The fourth-order valence-corrected chi connectivity index (χ4v) is 3.32. The lowest BCUT2D eigenvalue weighted by atomic mass is 10.0. The minimum absolute atomic E-state index is 0.684. The van der Waals surface area contributed by atoms with Gasteiger partial charge in [0.25, 0.3) is 0 Å². The van der Waals surface area contributed by atoms with Crippen molar-refractivity contribution in [1.82, 2.24) is 9.97 Å². The first kappa shape index (κ1) is 16.2. The van der Waals surface area contributed by atoms with Gasteiger partial charge >= 0.3 is 0 Å². The lowest BCUT2D eigenvalue weighted by molar-refractivity contribution is 1.07. The molecule has 4 heteroatoms. The first-order valence-electron chi connectivity index (χ1n) is 7.95. The number of halogens is 2. The molecule has 0 aliphatic carbocycles.